The van der Waals surface area contributed by atoms with Gasteiger partial charge in [0, 0.05) is 17.8 Å². The molecule has 0 bridgehead atoms. The average molecular weight is 265 g/mol. The molecule has 0 fully saturated rings. The van der Waals surface area contributed by atoms with E-state index >= 15 is 0 Å². The number of fused-ring (bicyclic) bond motifs is 1. The van der Waals surface area contributed by atoms with Crippen molar-refractivity contribution >= 4 is 28.4 Å². The molecule has 0 radical (unpaired) electrons. The third-order valence-electron chi connectivity index (χ3n) is 2.79. The minimum Gasteiger partial charge on any atom is -0.383 e. The number of carbonyl (C=O) groups excluding carboxylic acids is 1. The smallest absolute Gasteiger partial charge is 0.276 e. The van der Waals surface area contributed by atoms with Gasteiger partial charge in [-0.25, -0.2) is 15.0 Å². The van der Waals surface area contributed by atoms with Gasteiger partial charge >= 0.3 is 0 Å². The largest absolute Gasteiger partial charge is 0.383 e. The molecule has 0 aliphatic rings. The molecule has 20 heavy (non-hydrogen) atoms. The second-order valence-electron chi connectivity index (χ2n) is 4.14. The van der Waals surface area contributed by atoms with E-state index in [0.717, 1.165) is 10.8 Å². The molecule has 1 aromatic carbocycles. The quantitative estimate of drug-likeness (QED) is 0.737. The summed E-state index contributed by atoms with van der Waals surface area (Å²) in [5.74, 6) is 0.155. The molecule has 3 aromatic rings. The first kappa shape index (κ1) is 12.0. The van der Waals surface area contributed by atoms with Gasteiger partial charge < -0.3 is 5.73 Å². The van der Waals surface area contributed by atoms with Gasteiger partial charge in [0.1, 0.15) is 11.5 Å². The third-order valence-corrected chi connectivity index (χ3v) is 2.79. The standard InChI is InChI=1S/C14H11N5O/c15-12-10-5-2-1-4-9(10)8-11(18-12)13(20)19-14-16-6-3-7-17-14/h1-8H,(H2,15,18)(H,16,17,19,20). The minimum absolute atomic E-state index is 0.228. The van der Waals surface area contributed by atoms with Crippen LogP contribution in [0.4, 0.5) is 11.8 Å². The number of hydrogen-bond donors (Lipinski definition) is 2. The molecule has 1 amide bonds. The maximum absolute atomic E-state index is 12.1. The molecule has 98 valence electrons. The number of nitrogens with zero attached hydrogens (tertiary/aromatic N) is 3. The van der Waals surface area contributed by atoms with Crippen molar-refractivity contribution in [3.63, 3.8) is 0 Å². The zero-order valence-electron chi connectivity index (χ0n) is 10.4. The van der Waals surface area contributed by atoms with Crippen LogP contribution in [0.3, 0.4) is 0 Å². The van der Waals surface area contributed by atoms with E-state index in [4.69, 9.17) is 5.73 Å². The number of nitrogen functional groups attached to an aromatic ring is 1. The first-order chi connectivity index (χ1) is 9.74. The van der Waals surface area contributed by atoms with E-state index < -0.39 is 5.91 Å². The fourth-order valence-electron chi connectivity index (χ4n) is 1.87. The number of anilines is 2. The Morgan fingerprint density at radius 1 is 1.10 bits per heavy atom. The van der Waals surface area contributed by atoms with Crippen molar-refractivity contribution in [3.8, 4) is 0 Å². The zero-order valence-corrected chi connectivity index (χ0v) is 10.4. The molecule has 0 saturated carbocycles. The molecule has 0 unspecified atom stereocenters. The molecule has 2 aromatic heterocycles. The van der Waals surface area contributed by atoms with Crippen molar-refractivity contribution < 1.29 is 4.79 Å². The van der Waals surface area contributed by atoms with Crippen LogP contribution in [0.1, 0.15) is 10.5 Å². The molecular weight excluding hydrogens is 254 g/mol. The molecule has 3 rings (SSSR count). The van der Waals surface area contributed by atoms with Gasteiger partial charge in [-0.15, -0.1) is 0 Å². The van der Waals surface area contributed by atoms with Gasteiger partial charge in [-0.3, -0.25) is 10.1 Å². The first-order valence-corrected chi connectivity index (χ1v) is 5.97. The lowest BCUT2D eigenvalue weighted by atomic mass is 10.1. The predicted molar refractivity (Wildman–Crippen MR) is 76.1 cm³/mol. The third kappa shape index (κ3) is 2.26. The Balaban J connectivity index is 1.96. The Morgan fingerprint density at radius 2 is 1.85 bits per heavy atom. The number of benzene rings is 1. The molecule has 6 nitrogen and oxygen atoms in total. The Morgan fingerprint density at radius 3 is 2.65 bits per heavy atom. The Hall–Kier alpha value is -3.02. The van der Waals surface area contributed by atoms with Crippen molar-refractivity contribution in [1.82, 2.24) is 15.0 Å². The van der Waals surface area contributed by atoms with Crippen LogP contribution in [0, 0.1) is 0 Å². The number of amides is 1. The van der Waals surface area contributed by atoms with E-state index in [-0.39, 0.29) is 11.6 Å². The number of nitrogens with one attached hydrogen (secondary N) is 1. The maximum atomic E-state index is 12.1. The number of rotatable bonds is 2. The summed E-state index contributed by atoms with van der Waals surface area (Å²) in [7, 11) is 0. The Kier molecular flexibility index (Phi) is 2.96. The van der Waals surface area contributed by atoms with Crippen LogP contribution < -0.4 is 11.1 Å². The second kappa shape index (κ2) is 4.93. The Bertz CT molecular complexity index is 773. The number of pyridine rings is 1. The van der Waals surface area contributed by atoms with Crippen LogP contribution in [0.15, 0.2) is 48.8 Å². The normalized spacial score (nSPS) is 10.4. The lowest BCUT2D eigenvalue weighted by Crippen LogP contribution is -2.16. The summed E-state index contributed by atoms with van der Waals surface area (Å²) < 4.78 is 0. The van der Waals surface area contributed by atoms with E-state index in [9.17, 15) is 4.79 Å². The second-order valence-corrected chi connectivity index (χ2v) is 4.14. The topological polar surface area (TPSA) is 93.8 Å². The van der Waals surface area contributed by atoms with E-state index in [1.54, 1.807) is 24.5 Å². The van der Waals surface area contributed by atoms with Crippen molar-refractivity contribution in [2.45, 2.75) is 0 Å². The molecular formula is C14H11N5O. The number of carbonyl (C=O) groups is 1. The maximum Gasteiger partial charge on any atom is 0.276 e. The van der Waals surface area contributed by atoms with E-state index in [1.165, 1.54) is 0 Å². The highest BCUT2D eigenvalue weighted by atomic mass is 16.2. The van der Waals surface area contributed by atoms with Crippen LogP contribution in [-0.2, 0) is 0 Å². The monoisotopic (exact) mass is 265 g/mol. The summed E-state index contributed by atoms with van der Waals surface area (Å²) in [6.07, 6.45) is 3.09. The fourth-order valence-corrected chi connectivity index (χ4v) is 1.87. The summed E-state index contributed by atoms with van der Waals surface area (Å²) in [6, 6.07) is 10.8. The lowest BCUT2D eigenvalue weighted by Gasteiger charge is -2.06. The van der Waals surface area contributed by atoms with Gasteiger partial charge in [-0.05, 0) is 17.5 Å². The van der Waals surface area contributed by atoms with Crippen LogP contribution in [-0.4, -0.2) is 20.9 Å². The summed E-state index contributed by atoms with van der Waals surface area (Å²) in [5, 5.41) is 4.25. The highest BCUT2D eigenvalue weighted by Crippen LogP contribution is 2.20. The summed E-state index contributed by atoms with van der Waals surface area (Å²) in [4.78, 5) is 24.1. The molecule has 2 heterocycles. The van der Waals surface area contributed by atoms with Crippen LogP contribution in [0.5, 0.6) is 0 Å². The first-order valence-electron chi connectivity index (χ1n) is 5.97. The fraction of sp³-hybridized carbons (Fsp3) is 0. The number of hydrogen-bond acceptors (Lipinski definition) is 5. The lowest BCUT2D eigenvalue weighted by molar-refractivity contribution is 0.102. The number of nitrogens with two attached hydrogens (primary N) is 1. The number of aromatic nitrogens is 3. The molecule has 0 spiro atoms. The zero-order chi connectivity index (χ0) is 13.9. The van der Waals surface area contributed by atoms with Gasteiger partial charge in [0.15, 0.2) is 0 Å². The van der Waals surface area contributed by atoms with Gasteiger partial charge in [-0.1, -0.05) is 24.3 Å². The Labute approximate surface area is 114 Å². The predicted octanol–water partition coefficient (Wildman–Crippen LogP) is 1.86. The van der Waals surface area contributed by atoms with Gasteiger partial charge in [0.2, 0.25) is 5.95 Å². The van der Waals surface area contributed by atoms with Crippen LogP contribution >= 0.6 is 0 Å². The van der Waals surface area contributed by atoms with E-state index in [2.05, 4.69) is 20.3 Å². The molecule has 3 N–H and O–H groups in total. The van der Waals surface area contributed by atoms with Crippen molar-refractivity contribution in [2.24, 2.45) is 0 Å². The highest BCUT2D eigenvalue weighted by molar-refractivity contribution is 6.05. The van der Waals surface area contributed by atoms with Crippen LogP contribution in [0.25, 0.3) is 10.8 Å². The SMILES string of the molecule is Nc1nc(C(=O)Nc2ncccn2)cc2ccccc12. The van der Waals surface area contributed by atoms with E-state index in [1.807, 2.05) is 24.3 Å². The highest BCUT2D eigenvalue weighted by Gasteiger charge is 2.11. The molecule has 0 aliphatic carbocycles. The van der Waals surface area contributed by atoms with Crippen molar-refractivity contribution in [2.75, 3.05) is 11.1 Å². The van der Waals surface area contributed by atoms with Crippen LogP contribution in [0.2, 0.25) is 0 Å². The van der Waals surface area contributed by atoms with Crippen molar-refractivity contribution in [3.05, 3.63) is 54.5 Å². The average Bonchev–Trinajstić information content (AvgIpc) is 2.48. The van der Waals surface area contributed by atoms with Crippen molar-refractivity contribution in [1.29, 1.82) is 0 Å². The molecule has 0 saturated heterocycles. The van der Waals surface area contributed by atoms with Gasteiger partial charge in [-0.2, -0.15) is 0 Å². The minimum atomic E-state index is -0.395. The summed E-state index contributed by atoms with van der Waals surface area (Å²) >= 11 is 0. The molecule has 6 heteroatoms. The molecule has 0 atom stereocenters. The summed E-state index contributed by atoms with van der Waals surface area (Å²) in [5.41, 5.74) is 6.10. The van der Waals surface area contributed by atoms with E-state index in [0.29, 0.717) is 5.82 Å². The van der Waals surface area contributed by atoms with Gasteiger partial charge in [0.25, 0.3) is 5.91 Å². The summed E-state index contributed by atoms with van der Waals surface area (Å²) in [6.45, 7) is 0. The van der Waals surface area contributed by atoms with Gasteiger partial charge in [0.05, 0.1) is 0 Å². The molecule has 0 aliphatic heterocycles.